The molecule has 0 spiro atoms. The summed E-state index contributed by atoms with van der Waals surface area (Å²) in [5.41, 5.74) is -1.84. The Morgan fingerprint density at radius 2 is 2.00 bits per heavy atom. The quantitative estimate of drug-likeness (QED) is 0.346. The van der Waals surface area contributed by atoms with Gasteiger partial charge in [0.1, 0.15) is 28.7 Å². The molecule has 1 fully saturated rings. The number of nitrogens with one attached hydrogen (secondary N) is 3. The predicted octanol–water partition coefficient (Wildman–Crippen LogP) is 4.14. The van der Waals surface area contributed by atoms with Crippen LogP contribution in [0.4, 0.5) is 23.8 Å². The molecule has 2 atom stereocenters. The van der Waals surface area contributed by atoms with Crippen molar-refractivity contribution in [1.29, 1.82) is 0 Å². The third-order valence-electron chi connectivity index (χ3n) is 6.78. The number of hydrogen-bond donors (Lipinski definition) is 5. The molecular formula is C22H25Cl2F3N6O3S. The van der Waals surface area contributed by atoms with Crippen LogP contribution in [-0.2, 0) is 22.2 Å². The van der Waals surface area contributed by atoms with Gasteiger partial charge in [-0.15, -0.1) is 0 Å². The number of pyridine rings is 2. The first-order valence-electron chi connectivity index (χ1n) is 11.1. The summed E-state index contributed by atoms with van der Waals surface area (Å²) in [5.74, 6) is -4.23. The van der Waals surface area contributed by atoms with Crippen molar-refractivity contribution in [3.8, 4) is 0 Å². The number of amidine groups is 1. The van der Waals surface area contributed by atoms with Gasteiger partial charge in [-0.1, -0.05) is 23.2 Å². The Morgan fingerprint density at radius 3 is 2.65 bits per heavy atom. The highest BCUT2D eigenvalue weighted by Gasteiger charge is 2.62. The molecule has 1 amide bonds. The fraction of sp³-hybridized carbons (Fsp3) is 0.455. The average Bonchev–Trinajstić information content (AvgIpc) is 2.79. The Bertz CT molecular complexity index is 1340. The van der Waals surface area contributed by atoms with Crippen LogP contribution in [0.5, 0.6) is 0 Å². The summed E-state index contributed by atoms with van der Waals surface area (Å²) in [4.78, 5) is 24.4. The van der Waals surface area contributed by atoms with Gasteiger partial charge in [0.15, 0.2) is 0 Å². The summed E-state index contributed by atoms with van der Waals surface area (Å²) in [7, 11) is -3.86. The lowest BCUT2D eigenvalue weighted by Gasteiger charge is -2.57. The van der Waals surface area contributed by atoms with Crippen molar-refractivity contribution < 1.29 is 27.3 Å². The molecule has 1 saturated heterocycles. The number of thiol groups is 1. The number of carboxylic acid groups (broad SMARTS) is 1. The van der Waals surface area contributed by atoms with Crippen LogP contribution in [0.15, 0.2) is 29.4 Å². The van der Waals surface area contributed by atoms with Gasteiger partial charge in [-0.25, -0.2) is 22.9 Å². The molecule has 0 aliphatic carbocycles. The van der Waals surface area contributed by atoms with Crippen LogP contribution in [0.1, 0.15) is 38.6 Å². The van der Waals surface area contributed by atoms with Gasteiger partial charge < -0.3 is 10.4 Å². The van der Waals surface area contributed by atoms with Gasteiger partial charge in [0.2, 0.25) is 0 Å². The molecule has 4 N–H and O–H groups in total. The summed E-state index contributed by atoms with van der Waals surface area (Å²) in [6.07, 6.45) is -0.944. The number of carbonyl (C=O) groups is 1. The van der Waals surface area contributed by atoms with Crippen molar-refractivity contribution in [3.63, 3.8) is 0 Å². The van der Waals surface area contributed by atoms with Crippen LogP contribution in [0.2, 0.25) is 10.0 Å². The number of alkyl halides is 2. The van der Waals surface area contributed by atoms with Crippen molar-refractivity contribution in [2.75, 3.05) is 11.9 Å². The zero-order chi connectivity index (χ0) is 27.4. The molecule has 0 aromatic carbocycles. The van der Waals surface area contributed by atoms with E-state index < -0.39 is 56.5 Å². The van der Waals surface area contributed by atoms with Gasteiger partial charge in [-0.3, -0.25) is 24.2 Å². The third-order valence-corrected chi connectivity index (χ3v) is 11.4. The molecule has 2 aromatic rings. The number of aromatic nitrogens is 2. The van der Waals surface area contributed by atoms with E-state index in [1.807, 2.05) is 0 Å². The zero-order valence-electron chi connectivity index (χ0n) is 20.0. The fourth-order valence-electron chi connectivity index (χ4n) is 4.70. The summed E-state index contributed by atoms with van der Waals surface area (Å²) in [6.45, 7) is 3.45. The number of anilines is 1. The highest BCUT2D eigenvalue weighted by Crippen LogP contribution is 2.50. The predicted molar refractivity (Wildman–Crippen MR) is 137 cm³/mol. The maximum Gasteiger partial charge on any atom is 0.410 e. The molecule has 2 aliphatic rings. The maximum atomic E-state index is 15.3. The van der Waals surface area contributed by atoms with Crippen molar-refractivity contribution >= 4 is 51.1 Å². The molecule has 2 aliphatic heterocycles. The van der Waals surface area contributed by atoms with Crippen molar-refractivity contribution in [2.24, 2.45) is 4.99 Å². The van der Waals surface area contributed by atoms with Gasteiger partial charge in [0.05, 0.1) is 38.8 Å². The first-order chi connectivity index (χ1) is 17.1. The Hall–Kier alpha value is -2.48. The van der Waals surface area contributed by atoms with Gasteiger partial charge in [0.25, 0.3) is 5.92 Å². The third kappa shape index (κ3) is 4.89. The maximum absolute atomic E-state index is 15.3. The Balaban J connectivity index is 1.81. The van der Waals surface area contributed by atoms with Crippen LogP contribution in [-0.4, -0.2) is 53.7 Å². The molecule has 37 heavy (non-hydrogen) atoms. The Kier molecular flexibility index (Phi) is 6.97. The van der Waals surface area contributed by atoms with Crippen molar-refractivity contribution in [2.45, 2.75) is 55.2 Å². The number of nitrogens with zero attached hydrogens (tertiary/aromatic N) is 3. The lowest BCUT2D eigenvalue weighted by Crippen LogP contribution is -2.73. The average molecular weight is 581 g/mol. The Labute approximate surface area is 221 Å². The minimum Gasteiger partial charge on any atom is -0.465 e. The van der Waals surface area contributed by atoms with E-state index in [2.05, 4.69) is 30.3 Å². The topological polar surface area (TPSA) is 129 Å². The smallest absolute Gasteiger partial charge is 0.410 e. The molecule has 0 radical (unpaired) electrons. The van der Waals surface area contributed by atoms with E-state index in [0.29, 0.717) is 10.7 Å². The van der Waals surface area contributed by atoms with E-state index in [-0.39, 0.29) is 28.9 Å². The van der Waals surface area contributed by atoms with Gasteiger partial charge >= 0.3 is 6.09 Å². The molecule has 0 saturated carbocycles. The van der Waals surface area contributed by atoms with Gasteiger partial charge in [-0.2, -0.15) is 0 Å². The molecule has 4 rings (SSSR count). The SMILES string of the molecule is CC1(C)C(NC(=O)O)=N[C@](C)(c2nc(NCc3ncc(Cl)cc3Cl)ccc2F)[C@H]2CC(F)(F)CN[SH]21=O. The van der Waals surface area contributed by atoms with Crippen LogP contribution in [0, 0.1) is 5.82 Å². The summed E-state index contributed by atoms with van der Waals surface area (Å²) < 4.78 is 59.9. The minimum absolute atomic E-state index is 0.0778. The minimum atomic E-state index is -3.86. The van der Waals surface area contributed by atoms with E-state index >= 15 is 4.39 Å². The van der Waals surface area contributed by atoms with Gasteiger partial charge in [0, 0.05) is 12.6 Å². The number of fused-ring (bicyclic) bond motifs is 1. The van der Waals surface area contributed by atoms with E-state index in [4.69, 9.17) is 23.2 Å². The van der Waals surface area contributed by atoms with Crippen LogP contribution < -0.4 is 15.4 Å². The highest BCUT2D eigenvalue weighted by atomic mass is 35.5. The fourth-order valence-corrected chi connectivity index (χ4v) is 8.84. The first kappa shape index (κ1) is 27.6. The summed E-state index contributed by atoms with van der Waals surface area (Å²) in [6, 6.07) is 3.90. The van der Waals surface area contributed by atoms with Gasteiger partial charge in [-0.05, 0) is 49.1 Å². The molecule has 15 heteroatoms. The number of hydrogen-bond acceptors (Lipinski definition) is 6. The molecular weight excluding hydrogens is 556 g/mol. The number of amides is 1. The van der Waals surface area contributed by atoms with Crippen molar-refractivity contribution in [1.82, 2.24) is 20.0 Å². The van der Waals surface area contributed by atoms with Crippen LogP contribution >= 0.6 is 23.2 Å². The molecule has 202 valence electrons. The molecule has 9 nitrogen and oxygen atoms in total. The summed E-state index contributed by atoms with van der Waals surface area (Å²) >= 11 is 12.0. The number of halogens is 5. The number of aliphatic imine (C=N–C) groups is 1. The monoisotopic (exact) mass is 580 g/mol. The molecule has 0 unspecified atom stereocenters. The van der Waals surface area contributed by atoms with E-state index in [1.54, 1.807) is 0 Å². The standard InChI is InChI=1S/C22H25Cl2F3N6O3S/c1-20(2)18(32-19(34)35)33-21(3,15-7-22(26,27)10-30-37(15,20)36)17-13(25)4-5-16(31-17)29-9-14-12(24)6-11(23)8-28-14/h4-6,8,15,37H,7,9-10H2,1-3H3,(H,29,31)(H,30,36)(H,32,33)(H,34,35)/t15-,21+/m1/s1. The van der Waals surface area contributed by atoms with Crippen LogP contribution in [0.3, 0.4) is 0 Å². The second-order valence-electron chi connectivity index (χ2n) is 9.63. The summed E-state index contributed by atoms with van der Waals surface area (Å²) in [5, 5.41) is 13.7. The van der Waals surface area contributed by atoms with E-state index in [1.165, 1.54) is 39.1 Å². The second kappa shape index (κ2) is 9.37. The zero-order valence-corrected chi connectivity index (χ0v) is 22.4. The van der Waals surface area contributed by atoms with E-state index in [0.717, 1.165) is 6.07 Å². The molecule has 2 aromatic heterocycles. The lowest BCUT2D eigenvalue weighted by atomic mass is 9.88. The Morgan fingerprint density at radius 1 is 1.30 bits per heavy atom. The molecule has 0 bridgehead atoms. The highest BCUT2D eigenvalue weighted by molar-refractivity contribution is 8.04. The first-order valence-corrected chi connectivity index (χ1v) is 13.7. The lowest BCUT2D eigenvalue weighted by molar-refractivity contribution is -0.0139. The normalized spacial score (nSPS) is 26.4. The van der Waals surface area contributed by atoms with Crippen molar-refractivity contribution in [3.05, 3.63) is 51.6 Å². The second-order valence-corrected chi connectivity index (χ2v) is 13.8. The number of rotatable bonds is 4. The van der Waals surface area contributed by atoms with E-state index in [9.17, 15) is 22.9 Å². The molecule has 4 heterocycles. The largest absolute Gasteiger partial charge is 0.465 e. The van der Waals surface area contributed by atoms with Crippen LogP contribution in [0.25, 0.3) is 0 Å².